The highest BCUT2D eigenvalue weighted by Gasteiger charge is 2.31. The van der Waals surface area contributed by atoms with Crippen LogP contribution in [0, 0.1) is 0 Å². The van der Waals surface area contributed by atoms with Gasteiger partial charge in [0, 0.05) is 18.1 Å². The van der Waals surface area contributed by atoms with Crippen LogP contribution in [0.15, 0.2) is 18.2 Å². The molecule has 0 saturated heterocycles. The zero-order valence-electron chi connectivity index (χ0n) is 12.3. The number of aliphatic carboxylic acids is 1. The van der Waals surface area contributed by atoms with Gasteiger partial charge in [0.15, 0.2) is 6.61 Å². The molecule has 3 rings (SSSR count). The Labute approximate surface area is 127 Å². The number of fused-ring (bicyclic) bond motifs is 3. The second kappa shape index (κ2) is 5.36. The third kappa shape index (κ3) is 2.20. The Kier molecular flexibility index (Phi) is 3.52. The smallest absolute Gasteiger partial charge is 0.341 e. The number of aromatic nitrogens is 1. The highest BCUT2D eigenvalue weighted by Crippen LogP contribution is 2.42. The summed E-state index contributed by atoms with van der Waals surface area (Å²) in [5, 5.41) is 9.64. The number of carbonyl (C=O) groups excluding carboxylic acids is 1. The molecule has 0 saturated carbocycles. The number of benzene rings is 1. The summed E-state index contributed by atoms with van der Waals surface area (Å²) in [4.78, 5) is 22.6. The van der Waals surface area contributed by atoms with Crippen molar-refractivity contribution in [3.8, 4) is 5.75 Å². The summed E-state index contributed by atoms with van der Waals surface area (Å²) in [5.74, 6) is -1.23. The summed E-state index contributed by atoms with van der Waals surface area (Å²) >= 11 is 0. The van der Waals surface area contributed by atoms with Gasteiger partial charge in [-0.05, 0) is 37.0 Å². The van der Waals surface area contributed by atoms with E-state index in [1.54, 1.807) is 6.07 Å². The van der Waals surface area contributed by atoms with Crippen LogP contribution in [0.2, 0.25) is 0 Å². The van der Waals surface area contributed by atoms with Crippen molar-refractivity contribution in [1.82, 2.24) is 4.57 Å². The molecule has 1 atom stereocenters. The van der Waals surface area contributed by atoms with Gasteiger partial charge in [0.05, 0.1) is 11.4 Å². The lowest BCUT2D eigenvalue weighted by atomic mass is 9.84. The van der Waals surface area contributed by atoms with Crippen LogP contribution in [-0.2, 0) is 23.1 Å². The minimum Gasteiger partial charge on any atom is -0.481 e. The number of carbonyl (C=O) groups is 2. The number of carboxylic acids is 1. The number of hydrogen-bond donors (Lipinski definition) is 2. The zero-order valence-corrected chi connectivity index (χ0v) is 12.3. The molecule has 1 unspecified atom stereocenters. The minimum absolute atomic E-state index is 0.345. The molecule has 0 aliphatic heterocycles. The van der Waals surface area contributed by atoms with Gasteiger partial charge in [-0.2, -0.15) is 0 Å². The van der Waals surface area contributed by atoms with Crippen LogP contribution in [-0.4, -0.2) is 28.2 Å². The molecule has 0 bridgehead atoms. The van der Waals surface area contributed by atoms with Crippen molar-refractivity contribution >= 4 is 22.8 Å². The molecule has 2 aromatic rings. The maximum atomic E-state index is 11.8. The minimum atomic E-state index is -1.03. The molecular formula is C16H18N2O4. The fourth-order valence-corrected chi connectivity index (χ4v) is 3.38. The first-order valence-electron chi connectivity index (χ1n) is 7.24. The number of aryl methyl sites for hydroxylation is 1. The Morgan fingerprint density at radius 1 is 1.45 bits per heavy atom. The van der Waals surface area contributed by atoms with Gasteiger partial charge in [-0.1, -0.05) is 6.07 Å². The van der Waals surface area contributed by atoms with Crippen LogP contribution < -0.4 is 10.5 Å². The average molecular weight is 302 g/mol. The third-order valence-electron chi connectivity index (χ3n) is 4.30. The molecule has 0 fully saturated rings. The Morgan fingerprint density at radius 2 is 2.23 bits per heavy atom. The highest BCUT2D eigenvalue weighted by molar-refractivity contribution is 5.97. The lowest BCUT2D eigenvalue weighted by Gasteiger charge is -2.21. The van der Waals surface area contributed by atoms with Crippen LogP contribution >= 0.6 is 0 Å². The maximum absolute atomic E-state index is 11.8. The van der Waals surface area contributed by atoms with E-state index in [1.165, 1.54) is 0 Å². The van der Waals surface area contributed by atoms with Gasteiger partial charge >= 0.3 is 5.97 Å². The average Bonchev–Trinajstić information content (AvgIpc) is 2.79. The van der Waals surface area contributed by atoms with E-state index in [0.29, 0.717) is 12.2 Å². The van der Waals surface area contributed by atoms with E-state index in [4.69, 9.17) is 15.6 Å². The monoisotopic (exact) mass is 302 g/mol. The predicted octanol–water partition coefficient (Wildman–Crippen LogP) is 1.55. The molecule has 1 aromatic carbocycles. The van der Waals surface area contributed by atoms with Crippen LogP contribution in [0.4, 0.5) is 0 Å². The van der Waals surface area contributed by atoms with E-state index in [0.717, 1.165) is 35.0 Å². The Bertz CT molecular complexity index is 763. The number of hydrogen-bond acceptors (Lipinski definition) is 3. The van der Waals surface area contributed by atoms with Crippen molar-refractivity contribution in [2.24, 2.45) is 12.8 Å². The summed E-state index contributed by atoms with van der Waals surface area (Å²) in [7, 11) is 1.95. The van der Waals surface area contributed by atoms with Gasteiger partial charge in [-0.15, -0.1) is 0 Å². The van der Waals surface area contributed by atoms with Crippen molar-refractivity contribution in [3.63, 3.8) is 0 Å². The highest BCUT2D eigenvalue weighted by atomic mass is 16.5. The number of nitrogens with two attached hydrogens (primary N) is 1. The van der Waals surface area contributed by atoms with E-state index in [-0.39, 0.29) is 11.8 Å². The summed E-state index contributed by atoms with van der Waals surface area (Å²) < 4.78 is 7.47. The van der Waals surface area contributed by atoms with E-state index in [9.17, 15) is 9.59 Å². The van der Waals surface area contributed by atoms with Crippen molar-refractivity contribution in [3.05, 3.63) is 29.5 Å². The number of nitrogens with zero attached hydrogens (tertiary/aromatic N) is 1. The Morgan fingerprint density at radius 3 is 2.91 bits per heavy atom. The summed E-state index contributed by atoms with van der Waals surface area (Å²) in [5.41, 5.74) is 8.48. The van der Waals surface area contributed by atoms with Crippen molar-refractivity contribution in [1.29, 1.82) is 0 Å². The summed E-state index contributed by atoms with van der Waals surface area (Å²) in [6.45, 7) is -0.413. The maximum Gasteiger partial charge on any atom is 0.341 e. The van der Waals surface area contributed by atoms with Crippen LogP contribution in [0.25, 0.3) is 10.9 Å². The lowest BCUT2D eigenvalue weighted by molar-refractivity contribution is -0.139. The molecule has 1 aliphatic carbocycles. The standard InChI is InChI=1S/C16H18N2O4/c1-18-10-5-2-4-9(16(17)21)14(10)15-11(18)6-3-7-12(15)22-8-13(19)20/h3,6-7,9H,2,4-5,8H2,1H3,(H2,17,21)(H,19,20). The molecule has 1 amide bonds. The number of rotatable bonds is 4. The number of primary amides is 1. The molecule has 3 N–H and O–H groups in total. The van der Waals surface area contributed by atoms with Gasteiger partial charge in [0.2, 0.25) is 5.91 Å². The second-order valence-corrected chi connectivity index (χ2v) is 5.60. The van der Waals surface area contributed by atoms with E-state index >= 15 is 0 Å². The molecule has 6 nitrogen and oxygen atoms in total. The quantitative estimate of drug-likeness (QED) is 0.895. The van der Waals surface area contributed by atoms with Crippen LogP contribution in [0.3, 0.4) is 0 Å². The second-order valence-electron chi connectivity index (χ2n) is 5.60. The van der Waals surface area contributed by atoms with Crippen LogP contribution in [0.1, 0.15) is 30.0 Å². The van der Waals surface area contributed by atoms with E-state index in [1.807, 2.05) is 23.7 Å². The fourth-order valence-electron chi connectivity index (χ4n) is 3.38. The van der Waals surface area contributed by atoms with E-state index in [2.05, 4.69) is 0 Å². The van der Waals surface area contributed by atoms with Gasteiger partial charge in [0.1, 0.15) is 5.75 Å². The molecule has 0 radical (unpaired) electrons. The first-order valence-corrected chi connectivity index (χ1v) is 7.24. The van der Waals surface area contributed by atoms with Crippen LogP contribution in [0.5, 0.6) is 5.75 Å². The first-order chi connectivity index (χ1) is 10.5. The van der Waals surface area contributed by atoms with Gasteiger partial charge in [0.25, 0.3) is 0 Å². The number of carboxylic acid groups (broad SMARTS) is 1. The molecule has 6 heteroatoms. The van der Waals surface area contributed by atoms with Gasteiger partial charge in [-0.3, -0.25) is 4.79 Å². The molecule has 1 heterocycles. The number of ether oxygens (including phenoxy) is 1. The molecular weight excluding hydrogens is 284 g/mol. The fraction of sp³-hybridized carbons (Fsp3) is 0.375. The van der Waals surface area contributed by atoms with Gasteiger partial charge < -0.3 is 20.1 Å². The largest absolute Gasteiger partial charge is 0.481 e. The first kappa shape index (κ1) is 14.4. The molecule has 1 aromatic heterocycles. The third-order valence-corrected chi connectivity index (χ3v) is 4.30. The molecule has 116 valence electrons. The normalized spacial score (nSPS) is 17.2. The van der Waals surface area contributed by atoms with Gasteiger partial charge in [-0.25, -0.2) is 4.79 Å². The Hall–Kier alpha value is -2.50. The van der Waals surface area contributed by atoms with Crippen molar-refractivity contribution < 1.29 is 19.4 Å². The van der Waals surface area contributed by atoms with E-state index < -0.39 is 12.6 Å². The van der Waals surface area contributed by atoms with Crippen molar-refractivity contribution in [2.75, 3.05) is 6.61 Å². The predicted molar refractivity (Wildman–Crippen MR) is 80.9 cm³/mol. The Balaban J connectivity index is 2.23. The molecule has 1 aliphatic rings. The zero-order chi connectivity index (χ0) is 15.9. The topological polar surface area (TPSA) is 94.6 Å². The SMILES string of the molecule is Cn1c2c(c3c(OCC(=O)O)cccc31)C(C(N)=O)CCC2. The van der Waals surface area contributed by atoms with Crippen molar-refractivity contribution in [2.45, 2.75) is 25.2 Å². The molecule has 0 spiro atoms. The lowest BCUT2D eigenvalue weighted by Crippen LogP contribution is -2.25. The number of amides is 1. The molecule has 22 heavy (non-hydrogen) atoms. The summed E-state index contributed by atoms with van der Waals surface area (Å²) in [6, 6.07) is 5.50. The summed E-state index contributed by atoms with van der Waals surface area (Å²) in [6.07, 6.45) is 2.51.